The Labute approximate surface area is 102 Å². The van der Waals surface area contributed by atoms with E-state index >= 15 is 0 Å². The van der Waals surface area contributed by atoms with Crippen LogP contribution in [0.3, 0.4) is 0 Å². The number of carbonyl (C=O) groups excluding carboxylic acids is 1. The molecule has 88 valence electrons. The van der Waals surface area contributed by atoms with E-state index in [4.69, 9.17) is 11.6 Å². The predicted octanol–water partition coefficient (Wildman–Crippen LogP) is 3.78. The lowest BCUT2D eigenvalue weighted by atomic mass is 10.1. The van der Waals surface area contributed by atoms with E-state index in [-0.39, 0.29) is 0 Å². The van der Waals surface area contributed by atoms with Crippen LogP contribution in [0.5, 0.6) is 0 Å². The molecular formula is C13H18ClNO. The molecule has 1 rings (SSSR count). The lowest BCUT2D eigenvalue weighted by Crippen LogP contribution is -2.20. The molecule has 0 aliphatic heterocycles. The number of nitrogens with zero attached hydrogens (tertiary/aromatic N) is 1. The van der Waals surface area contributed by atoms with E-state index in [1.165, 1.54) is 12.8 Å². The Hall–Kier alpha value is -1.02. The highest BCUT2D eigenvalue weighted by Crippen LogP contribution is 2.28. The maximum Gasteiger partial charge on any atom is 0.152 e. The topological polar surface area (TPSA) is 20.3 Å². The van der Waals surface area contributed by atoms with Gasteiger partial charge in [0.1, 0.15) is 0 Å². The number of hydrogen-bond acceptors (Lipinski definition) is 2. The highest BCUT2D eigenvalue weighted by Gasteiger charge is 2.10. The molecule has 0 radical (unpaired) electrons. The Morgan fingerprint density at radius 1 is 1.38 bits per heavy atom. The molecule has 3 heteroatoms. The van der Waals surface area contributed by atoms with E-state index in [0.29, 0.717) is 10.6 Å². The molecule has 0 bridgehead atoms. The molecule has 0 aromatic heterocycles. The number of carbonyl (C=O) groups is 1. The first-order chi connectivity index (χ1) is 7.70. The summed E-state index contributed by atoms with van der Waals surface area (Å²) in [6, 6.07) is 5.42. The maximum absolute atomic E-state index is 10.9. The number of halogens is 1. The Balaban J connectivity index is 2.80. The van der Waals surface area contributed by atoms with Crippen LogP contribution in [0.4, 0.5) is 5.69 Å². The van der Waals surface area contributed by atoms with Gasteiger partial charge in [0.25, 0.3) is 0 Å². The molecule has 0 amide bonds. The van der Waals surface area contributed by atoms with E-state index < -0.39 is 0 Å². The molecular weight excluding hydrogens is 222 g/mol. The average Bonchev–Trinajstić information content (AvgIpc) is 2.28. The summed E-state index contributed by atoms with van der Waals surface area (Å²) in [5, 5.41) is 0.642. The second-order valence-electron chi connectivity index (χ2n) is 3.92. The molecule has 2 nitrogen and oxygen atoms in total. The van der Waals surface area contributed by atoms with Crippen LogP contribution in [-0.2, 0) is 0 Å². The van der Waals surface area contributed by atoms with Gasteiger partial charge in [-0.25, -0.2) is 0 Å². The van der Waals surface area contributed by atoms with E-state index in [1.54, 1.807) is 12.1 Å². The van der Waals surface area contributed by atoms with Gasteiger partial charge in [-0.2, -0.15) is 0 Å². The van der Waals surface area contributed by atoms with Crippen molar-refractivity contribution in [2.75, 3.05) is 18.5 Å². The summed E-state index contributed by atoms with van der Waals surface area (Å²) in [4.78, 5) is 13.0. The fourth-order valence-electron chi connectivity index (χ4n) is 1.74. The summed E-state index contributed by atoms with van der Waals surface area (Å²) in [5.74, 6) is 0. The van der Waals surface area contributed by atoms with Crippen LogP contribution >= 0.6 is 11.6 Å². The maximum atomic E-state index is 10.9. The number of hydrogen-bond donors (Lipinski definition) is 0. The largest absolute Gasteiger partial charge is 0.373 e. The van der Waals surface area contributed by atoms with E-state index in [1.807, 2.05) is 13.1 Å². The molecule has 1 aromatic carbocycles. The predicted molar refractivity (Wildman–Crippen MR) is 69.6 cm³/mol. The third-order valence-electron chi connectivity index (χ3n) is 2.62. The fourth-order valence-corrected chi connectivity index (χ4v) is 2.07. The van der Waals surface area contributed by atoms with Crippen LogP contribution in [0.2, 0.25) is 5.02 Å². The van der Waals surface area contributed by atoms with Crippen molar-refractivity contribution in [1.82, 2.24) is 0 Å². The van der Waals surface area contributed by atoms with Crippen molar-refractivity contribution in [3.8, 4) is 0 Å². The molecule has 0 aliphatic rings. The minimum Gasteiger partial charge on any atom is -0.373 e. The van der Waals surface area contributed by atoms with Crippen LogP contribution in [0, 0.1) is 0 Å². The molecule has 0 fully saturated rings. The van der Waals surface area contributed by atoms with Crippen LogP contribution in [0.25, 0.3) is 0 Å². The molecule has 1 aromatic rings. The SMILES string of the molecule is CCCCCN(C)c1c(Cl)cccc1C=O. The zero-order chi connectivity index (χ0) is 12.0. The minimum atomic E-state index is 0.642. The molecule has 0 spiro atoms. The number of unbranched alkanes of at least 4 members (excludes halogenated alkanes) is 2. The third-order valence-corrected chi connectivity index (χ3v) is 2.93. The van der Waals surface area contributed by atoms with Crippen molar-refractivity contribution in [3.63, 3.8) is 0 Å². The smallest absolute Gasteiger partial charge is 0.152 e. The number of benzene rings is 1. The molecule has 0 unspecified atom stereocenters. The standard InChI is InChI=1S/C13H18ClNO/c1-3-4-5-9-15(2)13-11(10-16)7-6-8-12(13)14/h6-8,10H,3-5,9H2,1-2H3. The molecule has 0 N–H and O–H groups in total. The summed E-state index contributed by atoms with van der Waals surface area (Å²) in [7, 11) is 1.98. The summed E-state index contributed by atoms with van der Waals surface area (Å²) >= 11 is 6.12. The van der Waals surface area contributed by atoms with Crippen molar-refractivity contribution in [2.24, 2.45) is 0 Å². The first kappa shape index (κ1) is 13.0. The Morgan fingerprint density at radius 2 is 2.12 bits per heavy atom. The van der Waals surface area contributed by atoms with Crippen LogP contribution in [0.1, 0.15) is 36.5 Å². The molecule has 0 atom stereocenters. The molecule has 0 aliphatic carbocycles. The first-order valence-electron chi connectivity index (χ1n) is 5.65. The number of para-hydroxylation sites is 1. The number of anilines is 1. The molecule has 16 heavy (non-hydrogen) atoms. The second-order valence-corrected chi connectivity index (χ2v) is 4.33. The van der Waals surface area contributed by atoms with Gasteiger partial charge in [-0.3, -0.25) is 4.79 Å². The zero-order valence-electron chi connectivity index (χ0n) is 9.87. The Morgan fingerprint density at radius 3 is 2.75 bits per heavy atom. The minimum absolute atomic E-state index is 0.642. The van der Waals surface area contributed by atoms with Gasteiger partial charge in [-0.1, -0.05) is 37.4 Å². The Bertz CT molecular complexity index is 352. The summed E-state index contributed by atoms with van der Waals surface area (Å²) in [6.07, 6.45) is 4.37. The Kier molecular flexibility index (Phi) is 5.33. The third kappa shape index (κ3) is 3.24. The van der Waals surface area contributed by atoms with Gasteiger partial charge in [0.15, 0.2) is 6.29 Å². The van der Waals surface area contributed by atoms with Gasteiger partial charge >= 0.3 is 0 Å². The summed E-state index contributed by atoms with van der Waals surface area (Å²) < 4.78 is 0. The summed E-state index contributed by atoms with van der Waals surface area (Å²) in [5.41, 5.74) is 1.50. The molecule has 0 saturated carbocycles. The highest BCUT2D eigenvalue weighted by molar-refractivity contribution is 6.33. The monoisotopic (exact) mass is 239 g/mol. The molecule has 0 heterocycles. The van der Waals surface area contributed by atoms with Gasteiger partial charge < -0.3 is 4.90 Å². The second kappa shape index (κ2) is 6.54. The van der Waals surface area contributed by atoms with Gasteiger partial charge in [-0.05, 0) is 18.6 Å². The first-order valence-corrected chi connectivity index (χ1v) is 6.03. The van der Waals surface area contributed by atoms with Gasteiger partial charge in [0.2, 0.25) is 0 Å². The van der Waals surface area contributed by atoms with Gasteiger partial charge in [-0.15, -0.1) is 0 Å². The van der Waals surface area contributed by atoms with E-state index in [9.17, 15) is 4.79 Å². The average molecular weight is 240 g/mol. The molecule has 0 saturated heterocycles. The van der Waals surface area contributed by atoms with Crippen molar-refractivity contribution >= 4 is 23.6 Å². The zero-order valence-corrected chi connectivity index (χ0v) is 10.6. The van der Waals surface area contributed by atoms with Crippen LogP contribution in [-0.4, -0.2) is 19.9 Å². The lowest BCUT2D eigenvalue weighted by molar-refractivity contribution is 0.112. The van der Waals surface area contributed by atoms with E-state index in [0.717, 1.165) is 24.9 Å². The lowest BCUT2D eigenvalue weighted by Gasteiger charge is -2.22. The van der Waals surface area contributed by atoms with Gasteiger partial charge in [0.05, 0.1) is 10.7 Å². The van der Waals surface area contributed by atoms with Crippen molar-refractivity contribution in [1.29, 1.82) is 0 Å². The highest BCUT2D eigenvalue weighted by atomic mass is 35.5. The number of rotatable bonds is 6. The van der Waals surface area contributed by atoms with Crippen molar-refractivity contribution in [3.05, 3.63) is 28.8 Å². The van der Waals surface area contributed by atoms with Gasteiger partial charge in [0, 0.05) is 19.2 Å². The van der Waals surface area contributed by atoms with Crippen LogP contribution in [0.15, 0.2) is 18.2 Å². The van der Waals surface area contributed by atoms with Crippen molar-refractivity contribution in [2.45, 2.75) is 26.2 Å². The fraction of sp³-hybridized carbons (Fsp3) is 0.462. The normalized spacial score (nSPS) is 10.2. The quantitative estimate of drug-likeness (QED) is 0.556. The number of aldehydes is 1. The summed E-state index contributed by atoms with van der Waals surface area (Å²) in [6.45, 7) is 3.10. The van der Waals surface area contributed by atoms with Crippen molar-refractivity contribution < 1.29 is 4.79 Å². The van der Waals surface area contributed by atoms with E-state index in [2.05, 4.69) is 11.8 Å². The van der Waals surface area contributed by atoms with Crippen LogP contribution < -0.4 is 4.90 Å².